The minimum absolute atomic E-state index is 0.0111. The number of imidazole rings is 1. The van der Waals surface area contributed by atoms with Crippen LogP contribution in [0.15, 0.2) is 61.2 Å². The lowest BCUT2D eigenvalue weighted by Gasteiger charge is -2.31. The summed E-state index contributed by atoms with van der Waals surface area (Å²) in [6.45, 7) is 2.06. The Balaban J connectivity index is 1.20. The summed E-state index contributed by atoms with van der Waals surface area (Å²) in [7, 11) is 0. The second kappa shape index (κ2) is 8.92. The zero-order chi connectivity index (χ0) is 21.9. The average Bonchev–Trinajstić information content (AvgIpc) is 3.28. The first-order valence-electron chi connectivity index (χ1n) is 10.9. The van der Waals surface area contributed by atoms with Gasteiger partial charge in [0, 0.05) is 37.1 Å². The van der Waals surface area contributed by atoms with Crippen molar-refractivity contribution in [3.05, 3.63) is 78.1 Å². The van der Waals surface area contributed by atoms with Crippen LogP contribution in [0.3, 0.4) is 0 Å². The summed E-state index contributed by atoms with van der Waals surface area (Å²) in [5.74, 6) is -0.213. The molecule has 0 aliphatic carbocycles. The molecule has 1 fully saturated rings. The molecule has 2 aromatic heterocycles. The van der Waals surface area contributed by atoms with Crippen LogP contribution in [0, 0.1) is 5.92 Å². The van der Waals surface area contributed by atoms with Crippen molar-refractivity contribution in [1.29, 1.82) is 0 Å². The van der Waals surface area contributed by atoms with Crippen molar-refractivity contribution in [2.24, 2.45) is 5.92 Å². The number of amides is 2. The van der Waals surface area contributed by atoms with Gasteiger partial charge in [0.15, 0.2) is 5.69 Å². The third kappa shape index (κ3) is 4.13. The molecule has 1 N–H and O–H groups in total. The van der Waals surface area contributed by atoms with Crippen LogP contribution in [0.4, 0.5) is 5.69 Å². The quantitative estimate of drug-likeness (QED) is 0.686. The predicted molar refractivity (Wildman–Crippen MR) is 118 cm³/mol. The number of likely N-dealkylation sites (tertiary alicyclic amines) is 1. The molecule has 0 unspecified atom stereocenters. The maximum Gasteiger partial charge on any atom is 0.274 e. The van der Waals surface area contributed by atoms with Crippen LogP contribution in [0.5, 0.6) is 0 Å². The number of carbonyl (C=O) groups is 2. The minimum atomic E-state index is -0.113. The van der Waals surface area contributed by atoms with Crippen molar-refractivity contribution >= 4 is 17.5 Å². The van der Waals surface area contributed by atoms with Crippen molar-refractivity contribution in [3.8, 4) is 0 Å². The summed E-state index contributed by atoms with van der Waals surface area (Å²) >= 11 is 0. The highest BCUT2D eigenvalue weighted by Gasteiger charge is 2.32. The topological polar surface area (TPSA) is 89.4 Å². The zero-order valence-corrected chi connectivity index (χ0v) is 17.7. The van der Waals surface area contributed by atoms with Gasteiger partial charge in [-0.05, 0) is 30.5 Å². The van der Waals surface area contributed by atoms with Crippen molar-refractivity contribution in [2.75, 3.05) is 18.4 Å². The first-order valence-corrected chi connectivity index (χ1v) is 10.9. The van der Waals surface area contributed by atoms with Crippen molar-refractivity contribution in [3.63, 3.8) is 0 Å². The molecule has 2 aliphatic heterocycles. The molecule has 1 atom stereocenters. The fraction of sp³-hybridized carbons (Fsp3) is 0.333. The molecule has 2 aliphatic rings. The molecule has 0 spiro atoms. The number of ether oxygens (including phenoxy) is 1. The van der Waals surface area contributed by atoms with Crippen LogP contribution in [0.2, 0.25) is 0 Å². The number of benzene rings is 1. The Morgan fingerprint density at radius 2 is 1.78 bits per heavy atom. The normalized spacial score (nSPS) is 18.8. The summed E-state index contributed by atoms with van der Waals surface area (Å²) in [5.41, 5.74) is 3.13. The van der Waals surface area contributed by atoms with Crippen LogP contribution >= 0.6 is 0 Å². The number of piperidine rings is 1. The molecule has 164 valence electrons. The van der Waals surface area contributed by atoms with Gasteiger partial charge in [0.2, 0.25) is 5.91 Å². The lowest BCUT2D eigenvalue weighted by Crippen LogP contribution is -2.42. The number of aromatic nitrogens is 3. The summed E-state index contributed by atoms with van der Waals surface area (Å²) in [6.07, 6.45) is 6.24. The van der Waals surface area contributed by atoms with Gasteiger partial charge in [0.1, 0.15) is 6.10 Å². The second-order valence-corrected chi connectivity index (χ2v) is 8.19. The van der Waals surface area contributed by atoms with E-state index in [4.69, 9.17) is 4.74 Å². The van der Waals surface area contributed by atoms with Gasteiger partial charge < -0.3 is 19.5 Å². The third-order valence-electron chi connectivity index (χ3n) is 6.20. The molecule has 1 aromatic carbocycles. The van der Waals surface area contributed by atoms with E-state index in [9.17, 15) is 9.59 Å². The molecule has 1 saturated heterocycles. The molecular formula is C24H25N5O3. The molecule has 0 saturated carbocycles. The van der Waals surface area contributed by atoms with Gasteiger partial charge in [-0.1, -0.05) is 30.3 Å². The van der Waals surface area contributed by atoms with Crippen molar-refractivity contribution in [2.45, 2.75) is 32.1 Å². The van der Waals surface area contributed by atoms with Crippen LogP contribution in [0.1, 0.15) is 40.7 Å². The zero-order valence-electron chi connectivity index (χ0n) is 17.7. The highest BCUT2D eigenvalue weighted by Crippen LogP contribution is 2.29. The third-order valence-corrected chi connectivity index (χ3v) is 6.20. The highest BCUT2D eigenvalue weighted by molar-refractivity contribution is 5.95. The van der Waals surface area contributed by atoms with E-state index in [1.807, 2.05) is 34.9 Å². The summed E-state index contributed by atoms with van der Waals surface area (Å²) < 4.78 is 8.06. The van der Waals surface area contributed by atoms with E-state index < -0.39 is 0 Å². The molecular weight excluding hydrogens is 406 g/mol. The smallest absolute Gasteiger partial charge is 0.274 e. The number of nitrogens with one attached hydrogen (secondary N) is 1. The first kappa shape index (κ1) is 20.4. The molecule has 0 radical (unpaired) electrons. The van der Waals surface area contributed by atoms with E-state index in [1.54, 1.807) is 35.8 Å². The number of anilines is 1. The molecule has 8 nitrogen and oxygen atoms in total. The molecule has 5 rings (SSSR count). The van der Waals surface area contributed by atoms with E-state index in [-0.39, 0.29) is 23.8 Å². The van der Waals surface area contributed by atoms with Crippen LogP contribution in [-0.2, 0) is 22.7 Å². The number of pyridine rings is 1. The van der Waals surface area contributed by atoms with Crippen LogP contribution in [-0.4, -0.2) is 44.3 Å². The Morgan fingerprint density at radius 1 is 1.03 bits per heavy atom. The van der Waals surface area contributed by atoms with Crippen LogP contribution in [0.25, 0.3) is 0 Å². The van der Waals surface area contributed by atoms with Gasteiger partial charge in [-0.2, -0.15) is 0 Å². The molecule has 8 heteroatoms. The maximum absolute atomic E-state index is 13.1. The van der Waals surface area contributed by atoms with E-state index in [0.29, 0.717) is 44.8 Å². The molecule has 32 heavy (non-hydrogen) atoms. The van der Waals surface area contributed by atoms with E-state index >= 15 is 0 Å². The summed E-state index contributed by atoms with van der Waals surface area (Å²) in [5, 5.41) is 2.93. The van der Waals surface area contributed by atoms with Gasteiger partial charge in [-0.3, -0.25) is 14.6 Å². The number of nitrogens with zero attached hydrogens (tertiary/aromatic N) is 4. The number of rotatable bonds is 4. The SMILES string of the molecule is O=C(Nc1ccncc1)C1CCN(C(=O)c2ncn3c2CO[C@@H](c2ccccc2)C3)CC1. The summed E-state index contributed by atoms with van der Waals surface area (Å²) in [6, 6.07) is 13.6. The van der Waals surface area contributed by atoms with Crippen molar-refractivity contribution < 1.29 is 14.3 Å². The van der Waals surface area contributed by atoms with Gasteiger partial charge >= 0.3 is 0 Å². The lowest BCUT2D eigenvalue weighted by molar-refractivity contribution is -0.121. The predicted octanol–water partition coefficient (Wildman–Crippen LogP) is 3.04. The Bertz CT molecular complexity index is 1090. The molecule has 3 aromatic rings. The number of carbonyl (C=O) groups excluding carboxylic acids is 2. The fourth-order valence-corrected chi connectivity index (χ4v) is 4.35. The van der Waals surface area contributed by atoms with Gasteiger partial charge in [-0.25, -0.2) is 4.98 Å². The van der Waals surface area contributed by atoms with Crippen molar-refractivity contribution in [1.82, 2.24) is 19.4 Å². The molecule has 0 bridgehead atoms. The van der Waals surface area contributed by atoms with Gasteiger partial charge in [0.25, 0.3) is 5.91 Å². The number of fused-ring (bicyclic) bond motifs is 1. The second-order valence-electron chi connectivity index (χ2n) is 8.19. The first-order chi connectivity index (χ1) is 15.7. The monoisotopic (exact) mass is 431 g/mol. The van der Waals surface area contributed by atoms with E-state index in [2.05, 4.69) is 15.3 Å². The highest BCUT2D eigenvalue weighted by atomic mass is 16.5. The average molecular weight is 431 g/mol. The van der Waals surface area contributed by atoms with Gasteiger partial charge in [-0.15, -0.1) is 0 Å². The molecule has 4 heterocycles. The number of hydrogen-bond acceptors (Lipinski definition) is 5. The summed E-state index contributed by atoms with van der Waals surface area (Å²) in [4.78, 5) is 35.9. The minimum Gasteiger partial charge on any atom is -0.365 e. The van der Waals surface area contributed by atoms with Crippen LogP contribution < -0.4 is 5.32 Å². The van der Waals surface area contributed by atoms with E-state index in [0.717, 1.165) is 16.9 Å². The Morgan fingerprint density at radius 3 is 2.53 bits per heavy atom. The largest absolute Gasteiger partial charge is 0.365 e. The Kier molecular flexibility index (Phi) is 5.68. The molecule has 2 amide bonds. The lowest BCUT2D eigenvalue weighted by atomic mass is 9.95. The Labute approximate surface area is 186 Å². The standard InChI is InChI=1S/C24H25N5O3/c30-23(27-19-6-10-25-11-7-19)18-8-12-28(13-9-18)24(31)22-20-15-32-21(14-29(20)16-26-22)17-4-2-1-3-5-17/h1-7,10-11,16,18,21H,8-9,12-15H2,(H,25,27,30)/t21-/m1/s1. The van der Waals surface area contributed by atoms with E-state index in [1.165, 1.54) is 0 Å². The maximum atomic E-state index is 13.1. The Hall–Kier alpha value is -3.52. The fourth-order valence-electron chi connectivity index (χ4n) is 4.35. The van der Waals surface area contributed by atoms with Gasteiger partial charge in [0.05, 0.1) is 25.2 Å². The number of hydrogen-bond donors (Lipinski definition) is 1.